The second-order valence-electron chi connectivity index (χ2n) is 3.56. The van der Waals surface area contributed by atoms with Crippen molar-refractivity contribution < 1.29 is 4.74 Å². The van der Waals surface area contributed by atoms with Crippen molar-refractivity contribution in [2.24, 2.45) is 0 Å². The Morgan fingerprint density at radius 3 is 3.21 bits per heavy atom. The summed E-state index contributed by atoms with van der Waals surface area (Å²) in [5, 5.41) is 6.52. The number of hydrogen-bond donors (Lipinski definition) is 2. The van der Waals surface area contributed by atoms with Crippen LogP contribution >= 0.6 is 0 Å². The zero-order chi connectivity index (χ0) is 9.38. The normalized spacial score (nSPS) is 24.3. The van der Waals surface area contributed by atoms with Gasteiger partial charge in [0.25, 0.3) is 0 Å². The molecule has 1 atom stereocenters. The molecule has 1 aromatic rings. The predicted molar refractivity (Wildman–Crippen MR) is 54.8 cm³/mol. The Bertz CT molecular complexity index is 387. The lowest BCUT2D eigenvalue weighted by Crippen LogP contribution is -2.50. The van der Waals surface area contributed by atoms with Gasteiger partial charge in [0.15, 0.2) is 6.23 Å². The molecule has 2 heterocycles. The van der Waals surface area contributed by atoms with Crippen molar-refractivity contribution in [2.45, 2.75) is 6.23 Å². The van der Waals surface area contributed by atoms with Crippen LogP contribution in [0.3, 0.4) is 0 Å². The largest absolute Gasteiger partial charge is 0.471 e. The van der Waals surface area contributed by atoms with Gasteiger partial charge in [-0.05, 0) is 17.7 Å². The molecule has 0 saturated carbocycles. The van der Waals surface area contributed by atoms with Crippen LogP contribution in [0.15, 0.2) is 29.8 Å². The molecule has 14 heavy (non-hydrogen) atoms. The molecule has 0 aromatic heterocycles. The molecule has 2 aliphatic rings. The van der Waals surface area contributed by atoms with E-state index in [0.29, 0.717) is 0 Å². The van der Waals surface area contributed by atoms with Gasteiger partial charge in [-0.15, -0.1) is 0 Å². The molecule has 72 valence electrons. The number of rotatable bonds is 0. The van der Waals surface area contributed by atoms with E-state index in [1.807, 2.05) is 18.2 Å². The summed E-state index contributed by atoms with van der Waals surface area (Å²) >= 11 is 0. The molecule has 3 nitrogen and oxygen atoms in total. The molecule has 1 saturated heterocycles. The summed E-state index contributed by atoms with van der Waals surface area (Å²) in [6.45, 7) is 1.72. The average molecular weight is 188 g/mol. The van der Waals surface area contributed by atoms with E-state index in [1.165, 1.54) is 11.1 Å². The van der Waals surface area contributed by atoms with Crippen LogP contribution in [-0.4, -0.2) is 19.4 Å². The molecule has 3 heteroatoms. The van der Waals surface area contributed by atoms with Crippen LogP contribution in [0, 0.1) is 0 Å². The van der Waals surface area contributed by atoms with E-state index in [0.717, 1.165) is 19.0 Å². The van der Waals surface area contributed by atoms with Crippen molar-refractivity contribution in [3.8, 4) is 5.75 Å². The van der Waals surface area contributed by atoms with Crippen LogP contribution in [0.1, 0.15) is 5.56 Å². The van der Waals surface area contributed by atoms with Gasteiger partial charge in [-0.25, -0.2) is 0 Å². The Kier molecular flexibility index (Phi) is 1.79. The van der Waals surface area contributed by atoms with Crippen LogP contribution in [-0.2, 0) is 0 Å². The van der Waals surface area contributed by atoms with Gasteiger partial charge in [0, 0.05) is 18.8 Å². The van der Waals surface area contributed by atoms with Gasteiger partial charge in [0.05, 0.1) is 0 Å². The van der Waals surface area contributed by atoms with Gasteiger partial charge in [-0.1, -0.05) is 18.2 Å². The molecule has 0 amide bonds. The van der Waals surface area contributed by atoms with E-state index < -0.39 is 0 Å². The fourth-order valence-electron chi connectivity index (χ4n) is 1.87. The lowest BCUT2D eigenvalue weighted by atomic mass is 10.0. The van der Waals surface area contributed by atoms with Gasteiger partial charge in [-0.2, -0.15) is 0 Å². The lowest BCUT2D eigenvalue weighted by molar-refractivity contribution is 0.174. The minimum atomic E-state index is 0.0612. The lowest BCUT2D eigenvalue weighted by Gasteiger charge is -2.31. The monoisotopic (exact) mass is 188 g/mol. The molecule has 0 aliphatic carbocycles. The van der Waals surface area contributed by atoms with Gasteiger partial charge < -0.3 is 10.1 Å². The quantitative estimate of drug-likeness (QED) is 0.635. The SMILES string of the molecule is C1=C2CNCNC2Oc2ccccc21. The number of benzene rings is 1. The Morgan fingerprint density at radius 2 is 2.21 bits per heavy atom. The first-order chi connectivity index (χ1) is 6.93. The zero-order valence-corrected chi connectivity index (χ0v) is 7.79. The fourth-order valence-corrected chi connectivity index (χ4v) is 1.87. The summed E-state index contributed by atoms with van der Waals surface area (Å²) in [5.74, 6) is 0.968. The number of fused-ring (bicyclic) bond motifs is 2. The molecule has 1 unspecified atom stereocenters. The summed E-state index contributed by atoms with van der Waals surface area (Å²) in [4.78, 5) is 0. The van der Waals surface area contributed by atoms with Crippen LogP contribution < -0.4 is 15.4 Å². The van der Waals surface area contributed by atoms with E-state index in [-0.39, 0.29) is 6.23 Å². The molecule has 1 fully saturated rings. The van der Waals surface area contributed by atoms with E-state index in [2.05, 4.69) is 22.8 Å². The van der Waals surface area contributed by atoms with E-state index in [4.69, 9.17) is 4.74 Å². The van der Waals surface area contributed by atoms with E-state index in [1.54, 1.807) is 0 Å². The number of nitrogens with one attached hydrogen (secondary N) is 2. The molecule has 0 bridgehead atoms. The topological polar surface area (TPSA) is 33.3 Å². The summed E-state index contributed by atoms with van der Waals surface area (Å²) in [5.41, 5.74) is 2.44. The number of ether oxygens (including phenoxy) is 1. The van der Waals surface area contributed by atoms with Crippen molar-refractivity contribution in [2.75, 3.05) is 13.2 Å². The summed E-state index contributed by atoms with van der Waals surface area (Å²) in [6, 6.07) is 8.11. The van der Waals surface area contributed by atoms with Crippen molar-refractivity contribution >= 4 is 6.08 Å². The van der Waals surface area contributed by atoms with Gasteiger partial charge in [0.1, 0.15) is 5.75 Å². The maximum atomic E-state index is 5.82. The highest BCUT2D eigenvalue weighted by molar-refractivity contribution is 5.63. The van der Waals surface area contributed by atoms with Crippen molar-refractivity contribution in [3.63, 3.8) is 0 Å². The Labute approximate surface area is 82.8 Å². The first kappa shape index (κ1) is 8.03. The molecule has 0 spiro atoms. The zero-order valence-electron chi connectivity index (χ0n) is 7.79. The minimum absolute atomic E-state index is 0.0612. The Balaban J connectivity index is 2.03. The van der Waals surface area contributed by atoms with Gasteiger partial charge in [-0.3, -0.25) is 5.32 Å². The fraction of sp³-hybridized carbons (Fsp3) is 0.273. The molecular weight excluding hydrogens is 176 g/mol. The standard InChI is InChI=1S/C11H12N2O/c1-2-4-10-8(3-1)5-9-6-12-7-13-11(9)14-10/h1-5,11-13H,6-7H2. The van der Waals surface area contributed by atoms with Crippen LogP contribution in [0.4, 0.5) is 0 Å². The third kappa shape index (κ3) is 1.22. The summed E-state index contributed by atoms with van der Waals surface area (Å²) < 4.78 is 5.82. The Morgan fingerprint density at radius 1 is 1.29 bits per heavy atom. The average Bonchev–Trinajstić information content (AvgIpc) is 2.26. The molecule has 3 rings (SSSR count). The Hall–Kier alpha value is -1.32. The second-order valence-corrected chi connectivity index (χ2v) is 3.56. The van der Waals surface area contributed by atoms with E-state index in [9.17, 15) is 0 Å². The first-order valence-corrected chi connectivity index (χ1v) is 4.84. The highest BCUT2D eigenvalue weighted by atomic mass is 16.5. The molecular formula is C11H12N2O. The highest BCUT2D eigenvalue weighted by Gasteiger charge is 2.23. The van der Waals surface area contributed by atoms with Gasteiger partial charge in [0.2, 0.25) is 0 Å². The van der Waals surface area contributed by atoms with Crippen molar-refractivity contribution in [3.05, 3.63) is 35.4 Å². The first-order valence-electron chi connectivity index (χ1n) is 4.84. The third-order valence-corrected chi connectivity index (χ3v) is 2.58. The van der Waals surface area contributed by atoms with Gasteiger partial charge >= 0.3 is 0 Å². The summed E-state index contributed by atoms with van der Waals surface area (Å²) in [7, 11) is 0. The molecule has 1 aromatic carbocycles. The molecule has 0 radical (unpaired) electrons. The van der Waals surface area contributed by atoms with Crippen molar-refractivity contribution in [1.82, 2.24) is 10.6 Å². The smallest absolute Gasteiger partial charge is 0.175 e. The van der Waals surface area contributed by atoms with Crippen molar-refractivity contribution in [1.29, 1.82) is 0 Å². The maximum absolute atomic E-state index is 5.82. The number of para-hydroxylation sites is 1. The molecule has 2 aliphatic heterocycles. The number of hydrogen-bond acceptors (Lipinski definition) is 3. The maximum Gasteiger partial charge on any atom is 0.175 e. The predicted octanol–water partition coefficient (Wildman–Crippen LogP) is 0.939. The summed E-state index contributed by atoms with van der Waals surface area (Å²) in [6.07, 6.45) is 2.26. The highest BCUT2D eigenvalue weighted by Crippen LogP contribution is 2.28. The minimum Gasteiger partial charge on any atom is -0.471 e. The van der Waals surface area contributed by atoms with E-state index >= 15 is 0 Å². The molecule has 2 N–H and O–H groups in total. The third-order valence-electron chi connectivity index (χ3n) is 2.58. The second kappa shape index (κ2) is 3.12. The van der Waals surface area contributed by atoms with Crippen LogP contribution in [0.2, 0.25) is 0 Å². The van der Waals surface area contributed by atoms with Crippen LogP contribution in [0.5, 0.6) is 5.75 Å². The van der Waals surface area contributed by atoms with Crippen LogP contribution in [0.25, 0.3) is 6.08 Å².